The summed E-state index contributed by atoms with van der Waals surface area (Å²) in [6, 6.07) is 16.5. The minimum absolute atomic E-state index is 0.0746. The minimum atomic E-state index is -0.867. The van der Waals surface area contributed by atoms with Crippen LogP contribution in [0, 0.1) is 6.92 Å². The van der Waals surface area contributed by atoms with Crippen molar-refractivity contribution in [2.45, 2.75) is 25.4 Å². The molecular weight excluding hydrogens is 276 g/mol. The van der Waals surface area contributed by atoms with Gasteiger partial charge in [-0.15, -0.1) is 0 Å². The topological polar surface area (TPSA) is 36.3 Å². The number of hydrogen-bond acceptors (Lipinski definition) is 3. The molecule has 2 bridgehead atoms. The zero-order chi connectivity index (χ0) is 14.7. The van der Waals surface area contributed by atoms with Gasteiger partial charge in [0.2, 0.25) is 0 Å². The van der Waals surface area contributed by atoms with E-state index in [1.165, 1.54) is 5.56 Å². The molecule has 4 heteroatoms. The van der Waals surface area contributed by atoms with Crippen molar-refractivity contribution in [2.75, 3.05) is 6.61 Å². The summed E-state index contributed by atoms with van der Waals surface area (Å²) in [4.78, 5) is 4.82. The van der Waals surface area contributed by atoms with E-state index < -0.39 is 5.79 Å². The fourth-order valence-electron chi connectivity index (χ4n) is 3.57. The fraction of sp³-hybridized carbons (Fsp3) is 0.278. The zero-order valence-electron chi connectivity index (χ0n) is 12.3. The Labute approximate surface area is 128 Å². The molecule has 3 heterocycles. The van der Waals surface area contributed by atoms with Gasteiger partial charge in [-0.05, 0) is 19.1 Å². The lowest BCUT2D eigenvalue weighted by molar-refractivity contribution is -0.162. The number of aromatic nitrogens is 2. The molecule has 2 aliphatic heterocycles. The van der Waals surface area contributed by atoms with E-state index in [9.17, 15) is 0 Å². The number of rotatable bonds is 1. The van der Waals surface area contributed by atoms with Gasteiger partial charge >= 0.3 is 0 Å². The Morgan fingerprint density at radius 3 is 3.00 bits per heavy atom. The third-order valence-electron chi connectivity index (χ3n) is 4.54. The summed E-state index contributed by atoms with van der Waals surface area (Å²) in [6.07, 6.45) is 0.0746. The molecule has 4 nitrogen and oxygen atoms in total. The minimum Gasteiger partial charge on any atom is -0.337 e. The van der Waals surface area contributed by atoms with E-state index in [4.69, 9.17) is 14.5 Å². The molecule has 0 amide bonds. The second-order valence-corrected chi connectivity index (χ2v) is 6.07. The van der Waals surface area contributed by atoms with E-state index in [-0.39, 0.29) is 6.10 Å². The first kappa shape index (κ1) is 12.4. The Kier molecular flexibility index (Phi) is 2.35. The first-order chi connectivity index (χ1) is 10.8. The van der Waals surface area contributed by atoms with E-state index in [0.717, 1.165) is 29.0 Å². The molecule has 0 spiro atoms. The Balaban J connectivity index is 1.81. The highest BCUT2D eigenvalue weighted by Crippen LogP contribution is 2.45. The van der Waals surface area contributed by atoms with Gasteiger partial charge in [-0.25, -0.2) is 4.98 Å². The van der Waals surface area contributed by atoms with Crippen LogP contribution in [0.15, 0.2) is 48.5 Å². The number of para-hydroxylation sites is 2. The molecule has 5 rings (SSSR count). The van der Waals surface area contributed by atoms with Crippen molar-refractivity contribution in [3.05, 3.63) is 65.5 Å². The maximum atomic E-state index is 6.28. The van der Waals surface area contributed by atoms with Crippen molar-refractivity contribution >= 4 is 11.0 Å². The Hall–Kier alpha value is -2.17. The van der Waals surface area contributed by atoms with Gasteiger partial charge in [0.1, 0.15) is 6.10 Å². The van der Waals surface area contributed by atoms with Crippen LogP contribution in [0.1, 0.15) is 17.0 Å². The second-order valence-electron chi connectivity index (χ2n) is 6.07. The normalized spacial score (nSPS) is 26.3. The van der Waals surface area contributed by atoms with Crippen LogP contribution in [0.3, 0.4) is 0 Å². The maximum absolute atomic E-state index is 6.28. The predicted octanol–water partition coefficient (Wildman–Crippen LogP) is 2.97. The Morgan fingerprint density at radius 1 is 1.18 bits per heavy atom. The lowest BCUT2D eigenvalue weighted by Gasteiger charge is -2.32. The van der Waals surface area contributed by atoms with Gasteiger partial charge in [0.15, 0.2) is 5.82 Å². The van der Waals surface area contributed by atoms with Crippen LogP contribution in [0.25, 0.3) is 11.0 Å². The molecule has 2 unspecified atom stereocenters. The molecule has 1 aromatic heterocycles. The molecule has 1 saturated heterocycles. The molecule has 2 aromatic carbocycles. The van der Waals surface area contributed by atoms with E-state index >= 15 is 0 Å². The van der Waals surface area contributed by atoms with Gasteiger partial charge in [-0.1, -0.05) is 42.0 Å². The maximum Gasteiger partial charge on any atom is 0.256 e. The highest BCUT2D eigenvalue weighted by Gasteiger charge is 2.52. The van der Waals surface area contributed by atoms with Crippen molar-refractivity contribution in [3.8, 4) is 0 Å². The average molecular weight is 292 g/mol. The Morgan fingerprint density at radius 2 is 2.09 bits per heavy atom. The van der Waals surface area contributed by atoms with Gasteiger partial charge in [-0.3, -0.25) is 0 Å². The molecule has 3 aromatic rings. The summed E-state index contributed by atoms with van der Waals surface area (Å²) >= 11 is 0. The van der Waals surface area contributed by atoms with Crippen LogP contribution < -0.4 is 0 Å². The summed E-state index contributed by atoms with van der Waals surface area (Å²) in [6.45, 7) is 3.48. The third kappa shape index (κ3) is 1.51. The number of imidazole rings is 1. The molecule has 0 radical (unpaired) electrons. The van der Waals surface area contributed by atoms with E-state index in [2.05, 4.69) is 41.8 Å². The third-order valence-corrected chi connectivity index (χ3v) is 4.54. The monoisotopic (exact) mass is 292 g/mol. The van der Waals surface area contributed by atoms with Crippen LogP contribution in [-0.4, -0.2) is 22.3 Å². The van der Waals surface area contributed by atoms with E-state index in [1.807, 2.05) is 18.2 Å². The lowest BCUT2D eigenvalue weighted by atomic mass is 10.0. The van der Waals surface area contributed by atoms with Crippen LogP contribution >= 0.6 is 0 Å². The lowest BCUT2D eigenvalue weighted by Crippen LogP contribution is -2.38. The standard InChI is InChI=1S/C18H16N2O2/c1-12-5-4-6-13(9-12)18-17-19-15-7-2-3-8-16(15)20(17)10-14(22-18)11-21-18/h2-9,14H,10-11H2,1H3. The van der Waals surface area contributed by atoms with Gasteiger partial charge < -0.3 is 14.0 Å². The summed E-state index contributed by atoms with van der Waals surface area (Å²) in [5.74, 6) is -0.0124. The summed E-state index contributed by atoms with van der Waals surface area (Å²) in [7, 11) is 0. The van der Waals surface area contributed by atoms with Crippen molar-refractivity contribution in [1.29, 1.82) is 0 Å². The largest absolute Gasteiger partial charge is 0.337 e. The highest BCUT2D eigenvalue weighted by atomic mass is 16.7. The van der Waals surface area contributed by atoms with E-state index in [1.54, 1.807) is 0 Å². The van der Waals surface area contributed by atoms with Crippen LogP contribution in [0.5, 0.6) is 0 Å². The first-order valence-corrected chi connectivity index (χ1v) is 7.61. The molecule has 110 valence electrons. The van der Waals surface area contributed by atoms with Gasteiger partial charge in [0, 0.05) is 5.56 Å². The molecule has 22 heavy (non-hydrogen) atoms. The summed E-state index contributed by atoms with van der Waals surface area (Å²) < 4.78 is 14.7. The van der Waals surface area contributed by atoms with Crippen molar-refractivity contribution < 1.29 is 9.47 Å². The second kappa shape index (κ2) is 4.18. The molecule has 0 aliphatic carbocycles. The van der Waals surface area contributed by atoms with E-state index in [0.29, 0.717) is 6.61 Å². The highest BCUT2D eigenvalue weighted by molar-refractivity contribution is 5.76. The zero-order valence-corrected chi connectivity index (χ0v) is 12.3. The number of fused-ring (bicyclic) bond motifs is 6. The number of benzene rings is 2. The number of aryl methyl sites for hydroxylation is 1. The molecular formula is C18H16N2O2. The predicted molar refractivity (Wildman–Crippen MR) is 82.5 cm³/mol. The molecule has 2 atom stereocenters. The molecule has 2 aliphatic rings. The Bertz CT molecular complexity index is 886. The summed E-state index contributed by atoms with van der Waals surface area (Å²) in [5, 5.41) is 0. The summed E-state index contributed by atoms with van der Waals surface area (Å²) in [5.41, 5.74) is 4.35. The van der Waals surface area contributed by atoms with Crippen LogP contribution in [0.2, 0.25) is 0 Å². The van der Waals surface area contributed by atoms with Crippen LogP contribution in [0.4, 0.5) is 0 Å². The van der Waals surface area contributed by atoms with Gasteiger partial charge in [0.05, 0.1) is 24.2 Å². The number of nitrogens with zero attached hydrogens (tertiary/aromatic N) is 2. The molecule has 1 fully saturated rings. The van der Waals surface area contributed by atoms with Crippen molar-refractivity contribution in [1.82, 2.24) is 9.55 Å². The van der Waals surface area contributed by atoms with Crippen molar-refractivity contribution in [2.24, 2.45) is 0 Å². The average Bonchev–Trinajstić information content (AvgIpc) is 3.09. The smallest absolute Gasteiger partial charge is 0.256 e. The van der Waals surface area contributed by atoms with Crippen LogP contribution in [-0.2, 0) is 21.8 Å². The molecule has 0 saturated carbocycles. The van der Waals surface area contributed by atoms with Crippen molar-refractivity contribution in [3.63, 3.8) is 0 Å². The quantitative estimate of drug-likeness (QED) is 0.692. The fourth-order valence-corrected chi connectivity index (χ4v) is 3.57. The van der Waals surface area contributed by atoms with Gasteiger partial charge in [-0.2, -0.15) is 0 Å². The first-order valence-electron chi connectivity index (χ1n) is 7.61. The number of hydrogen-bond donors (Lipinski definition) is 0. The molecule has 0 N–H and O–H groups in total. The van der Waals surface area contributed by atoms with Gasteiger partial charge in [0.25, 0.3) is 5.79 Å². The SMILES string of the molecule is Cc1cccc(C23OCC(Cn4c2nc2ccccc24)O3)c1. The number of ether oxygens (including phenoxy) is 2.